The summed E-state index contributed by atoms with van der Waals surface area (Å²) in [6.07, 6.45) is 0. The van der Waals surface area contributed by atoms with Crippen molar-refractivity contribution in [1.82, 2.24) is 4.90 Å². The van der Waals surface area contributed by atoms with Crippen LogP contribution in [-0.4, -0.2) is 39.6 Å². The fourth-order valence-corrected chi connectivity index (χ4v) is 4.45. The average molecular weight is 305 g/mol. The molecule has 1 saturated heterocycles. The second kappa shape index (κ2) is 5.73. The van der Waals surface area contributed by atoms with Gasteiger partial charge in [0.1, 0.15) is 16.9 Å². The standard InChI is InChI=1S/C16H19NO3S/c1-10-7-17(8-11(2)21-10)9-14-15(16(18)19)12-5-3-4-6-13(12)20-14/h3-6,10-11H,7-9H2,1-2H3,(H,18,19). The Labute approximate surface area is 128 Å². The minimum atomic E-state index is -0.914. The van der Waals surface area contributed by atoms with Gasteiger partial charge in [0.05, 0.1) is 6.54 Å². The van der Waals surface area contributed by atoms with Crippen LogP contribution in [0.3, 0.4) is 0 Å². The highest BCUT2D eigenvalue weighted by atomic mass is 32.2. The zero-order chi connectivity index (χ0) is 15.0. The Kier molecular flexibility index (Phi) is 3.95. The number of thioether (sulfide) groups is 1. The van der Waals surface area contributed by atoms with Crippen LogP contribution in [0.5, 0.6) is 0 Å². The number of aromatic carboxylic acids is 1. The largest absolute Gasteiger partial charge is 0.478 e. The Bertz CT molecular complexity index is 657. The molecule has 0 bridgehead atoms. The van der Waals surface area contributed by atoms with Crippen LogP contribution < -0.4 is 0 Å². The maximum Gasteiger partial charge on any atom is 0.339 e. The van der Waals surface area contributed by atoms with Crippen molar-refractivity contribution in [3.63, 3.8) is 0 Å². The number of benzene rings is 1. The van der Waals surface area contributed by atoms with Gasteiger partial charge >= 0.3 is 5.97 Å². The molecule has 21 heavy (non-hydrogen) atoms. The smallest absolute Gasteiger partial charge is 0.339 e. The third-order valence-corrected chi connectivity index (χ3v) is 4.97. The van der Waals surface area contributed by atoms with Gasteiger partial charge in [-0.1, -0.05) is 32.0 Å². The van der Waals surface area contributed by atoms with Crippen LogP contribution in [0, 0.1) is 0 Å². The molecule has 2 unspecified atom stereocenters. The van der Waals surface area contributed by atoms with Crippen LogP contribution in [0.1, 0.15) is 30.0 Å². The van der Waals surface area contributed by atoms with Gasteiger partial charge in [-0.15, -0.1) is 0 Å². The third kappa shape index (κ3) is 2.94. The van der Waals surface area contributed by atoms with Crippen molar-refractivity contribution < 1.29 is 14.3 Å². The van der Waals surface area contributed by atoms with Gasteiger partial charge in [0.15, 0.2) is 0 Å². The van der Waals surface area contributed by atoms with E-state index in [2.05, 4.69) is 18.7 Å². The number of para-hydroxylation sites is 1. The van der Waals surface area contributed by atoms with Gasteiger partial charge in [0, 0.05) is 29.0 Å². The summed E-state index contributed by atoms with van der Waals surface area (Å²) in [7, 11) is 0. The maximum absolute atomic E-state index is 11.6. The summed E-state index contributed by atoms with van der Waals surface area (Å²) >= 11 is 1.98. The molecule has 0 saturated carbocycles. The quantitative estimate of drug-likeness (QED) is 0.941. The lowest BCUT2D eigenvalue weighted by atomic mass is 10.1. The van der Waals surface area contributed by atoms with E-state index in [4.69, 9.17) is 4.42 Å². The number of rotatable bonds is 3. The van der Waals surface area contributed by atoms with Gasteiger partial charge in [0.2, 0.25) is 0 Å². The normalized spacial score (nSPS) is 23.5. The van der Waals surface area contributed by atoms with Crippen molar-refractivity contribution in [2.75, 3.05) is 13.1 Å². The molecule has 1 aromatic heterocycles. The molecule has 3 rings (SSSR count). The first-order valence-electron chi connectivity index (χ1n) is 7.16. The summed E-state index contributed by atoms with van der Waals surface area (Å²) in [6.45, 7) is 6.91. The van der Waals surface area contributed by atoms with Crippen LogP contribution in [0.4, 0.5) is 0 Å². The first-order chi connectivity index (χ1) is 10.0. The monoisotopic (exact) mass is 305 g/mol. The van der Waals surface area contributed by atoms with Gasteiger partial charge in [-0.2, -0.15) is 11.8 Å². The maximum atomic E-state index is 11.6. The van der Waals surface area contributed by atoms with Crippen molar-refractivity contribution >= 4 is 28.7 Å². The molecule has 1 aliphatic heterocycles. The highest BCUT2D eigenvalue weighted by Gasteiger charge is 2.26. The summed E-state index contributed by atoms with van der Waals surface area (Å²) in [4.78, 5) is 13.9. The fraction of sp³-hybridized carbons (Fsp3) is 0.438. The summed E-state index contributed by atoms with van der Waals surface area (Å²) < 4.78 is 5.80. The molecule has 0 aliphatic carbocycles. The molecule has 5 heteroatoms. The van der Waals surface area contributed by atoms with Crippen LogP contribution in [-0.2, 0) is 6.54 Å². The van der Waals surface area contributed by atoms with Crippen LogP contribution in [0.15, 0.2) is 28.7 Å². The van der Waals surface area contributed by atoms with E-state index >= 15 is 0 Å². The number of nitrogens with zero attached hydrogens (tertiary/aromatic N) is 1. The van der Waals surface area contributed by atoms with Gasteiger partial charge in [0.25, 0.3) is 0 Å². The molecule has 2 heterocycles. The third-order valence-electron chi connectivity index (χ3n) is 3.74. The molecule has 112 valence electrons. The van der Waals surface area contributed by atoms with Gasteiger partial charge in [-0.05, 0) is 6.07 Å². The van der Waals surface area contributed by atoms with E-state index in [0.29, 0.717) is 39.3 Å². The van der Waals surface area contributed by atoms with Crippen molar-refractivity contribution in [2.45, 2.75) is 30.9 Å². The number of furan rings is 1. The van der Waals surface area contributed by atoms with E-state index in [1.807, 2.05) is 36.0 Å². The Morgan fingerprint density at radius 2 is 2.00 bits per heavy atom. The highest BCUT2D eigenvalue weighted by molar-refractivity contribution is 8.00. The molecule has 4 nitrogen and oxygen atoms in total. The van der Waals surface area contributed by atoms with Gasteiger partial charge in [-0.25, -0.2) is 4.79 Å². The van der Waals surface area contributed by atoms with Crippen molar-refractivity contribution in [3.05, 3.63) is 35.6 Å². The van der Waals surface area contributed by atoms with Gasteiger partial charge < -0.3 is 9.52 Å². The SMILES string of the molecule is CC1CN(Cc2oc3ccccc3c2C(=O)O)CC(C)S1. The predicted molar refractivity (Wildman–Crippen MR) is 85.0 cm³/mol. The van der Waals surface area contributed by atoms with Crippen molar-refractivity contribution in [1.29, 1.82) is 0 Å². The van der Waals surface area contributed by atoms with Crippen LogP contribution in [0.25, 0.3) is 11.0 Å². The molecule has 1 N–H and O–H groups in total. The minimum Gasteiger partial charge on any atom is -0.478 e. The number of hydrogen-bond acceptors (Lipinski definition) is 4. The first-order valence-corrected chi connectivity index (χ1v) is 8.10. The zero-order valence-corrected chi connectivity index (χ0v) is 13.0. The summed E-state index contributed by atoms with van der Waals surface area (Å²) in [5.41, 5.74) is 0.960. The Balaban J connectivity index is 1.93. The molecule has 0 radical (unpaired) electrons. The van der Waals surface area contributed by atoms with Crippen molar-refractivity contribution in [2.24, 2.45) is 0 Å². The van der Waals surface area contributed by atoms with E-state index in [0.717, 1.165) is 13.1 Å². The molecular formula is C16H19NO3S. The minimum absolute atomic E-state index is 0.309. The molecule has 0 amide bonds. The summed E-state index contributed by atoms with van der Waals surface area (Å²) in [5.74, 6) is -0.350. The van der Waals surface area contributed by atoms with E-state index in [1.54, 1.807) is 0 Å². The van der Waals surface area contributed by atoms with E-state index in [1.165, 1.54) is 0 Å². The molecular weight excluding hydrogens is 286 g/mol. The second-order valence-electron chi connectivity index (χ2n) is 5.65. The molecule has 1 aromatic carbocycles. The first kappa shape index (κ1) is 14.5. The lowest BCUT2D eigenvalue weighted by molar-refractivity contribution is 0.0694. The van der Waals surface area contributed by atoms with Crippen LogP contribution in [0.2, 0.25) is 0 Å². The Hall–Kier alpha value is -1.46. The predicted octanol–water partition coefficient (Wildman–Crippen LogP) is 3.46. The molecule has 2 aromatic rings. The van der Waals surface area contributed by atoms with E-state index in [9.17, 15) is 9.90 Å². The molecule has 0 spiro atoms. The van der Waals surface area contributed by atoms with Crippen molar-refractivity contribution in [3.8, 4) is 0 Å². The summed E-state index contributed by atoms with van der Waals surface area (Å²) in [5, 5.41) is 11.3. The number of fused-ring (bicyclic) bond motifs is 1. The topological polar surface area (TPSA) is 53.7 Å². The van der Waals surface area contributed by atoms with E-state index < -0.39 is 5.97 Å². The fourth-order valence-electron chi connectivity index (χ4n) is 3.06. The lowest BCUT2D eigenvalue weighted by Gasteiger charge is -2.34. The average Bonchev–Trinajstić information content (AvgIpc) is 2.75. The summed E-state index contributed by atoms with van der Waals surface area (Å²) in [6, 6.07) is 7.34. The number of hydrogen-bond donors (Lipinski definition) is 1. The molecule has 1 fully saturated rings. The Morgan fingerprint density at radius 1 is 1.33 bits per heavy atom. The number of carbonyl (C=O) groups is 1. The zero-order valence-electron chi connectivity index (χ0n) is 12.2. The van der Waals surface area contributed by atoms with E-state index in [-0.39, 0.29) is 0 Å². The molecule has 1 aliphatic rings. The second-order valence-corrected chi connectivity index (χ2v) is 7.53. The Morgan fingerprint density at radius 3 is 2.67 bits per heavy atom. The molecule has 2 atom stereocenters. The number of carboxylic acids is 1. The highest BCUT2D eigenvalue weighted by Crippen LogP contribution is 2.30. The lowest BCUT2D eigenvalue weighted by Crippen LogP contribution is -2.39. The van der Waals surface area contributed by atoms with Gasteiger partial charge in [-0.3, -0.25) is 4.90 Å². The number of carboxylic acid groups (broad SMARTS) is 1. The van der Waals surface area contributed by atoms with Crippen LogP contribution >= 0.6 is 11.8 Å².